The van der Waals surface area contributed by atoms with E-state index in [0.29, 0.717) is 41.1 Å². The van der Waals surface area contributed by atoms with Crippen molar-refractivity contribution in [3.8, 4) is 17.6 Å². The van der Waals surface area contributed by atoms with Crippen molar-refractivity contribution < 1.29 is 9.63 Å². The molecule has 2 aliphatic carbocycles. The summed E-state index contributed by atoms with van der Waals surface area (Å²) < 4.78 is 8.46. The molecule has 0 radical (unpaired) electrons. The highest BCUT2D eigenvalue weighted by molar-refractivity contribution is 7.16. The molecule has 9 rings (SSSR count). The maximum Gasteiger partial charge on any atom is 0.186 e. The van der Waals surface area contributed by atoms with E-state index < -0.39 is 11.0 Å². The number of piperidine rings is 1. The van der Waals surface area contributed by atoms with Crippen LogP contribution in [-0.4, -0.2) is 72.7 Å². The first kappa shape index (κ1) is 29.4. The molecule has 11 nitrogen and oxygen atoms in total. The third kappa shape index (κ3) is 4.03. The molecule has 2 fully saturated rings. The number of likely N-dealkylation sites (tertiary alicyclic amines) is 1. The second kappa shape index (κ2) is 10.1. The first-order valence-electron chi connectivity index (χ1n) is 17.1. The van der Waals surface area contributed by atoms with E-state index in [-0.39, 0.29) is 12.1 Å². The fourth-order valence-electron chi connectivity index (χ4n) is 9.67. The van der Waals surface area contributed by atoms with Crippen LogP contribution in [0.15, 0.2) is 11.1 Å². The standard InChI is InChI=1S/C35H41N9O2S/c1-18-22-11-14-34(3,45)17-43(22)32-25-27(18)40-44(19(2)23-9-7-15-42(23)4)33(25)39-31(38-32)28-20-8-5-12-35(29(20)46-41-28)13-6-10-24-26(35)21(16-36)30(37)47-24/h19,22-23,45H,1,5-15,17,37H2,2-4H3/t19-,22+,23-,34+,35-/m0/s1. The van der Waals surface area contributed by atoms with Gasteiger partial charge in [-0.05, 0) is 103 Å². The summed E-state index contributed by atoms with van der Waals surface area (Å²) in [6.07, 6.45) is 9.21. The van der Waals surface area contributed by atoms with Gasteiger partial charge in [-0.15, -0.1) is 11.3 Å². The van der Waals surface area contributed by atoms with Gasteiger partial charge in [0.2, 0.25) is 0 Å². The number of likely N-dealkylation sites (N-methyl/N-ethyl adjacent to an activating group) is 1. The van der Waals surface area contributed by atoms with Gasteiger partial charge in [0, 0.05) is 23.0 Å². The lowest BCUT2D eigenvalue weighted by molar-refractivity contribution is 0.0403. The Morgan fingerprint density at radius 1 is 1.15 bits per heavy atom. The third-order valence-corrected chi connectivity index (χ3v) is 13.0. The summed E-state index contributed by atoms with van der Waals surface area (Å²) in [6.45, 7) is 10.2. The maximum atomic E-state index is 11.2. The number of thiophene rings is 1. The molecule has 2 saturated heterocycles. The molecule has 5 aliphatic rings. The minimum Gasteiger partial charge on any atom is -0.389 e. The molecule has 0 bridgehead atoms. The van der Waals surface area contributed by atoms with E-state index in [4.69, 9.17) is 30.5 Å². The number of aryl methyl sites for hydroxylation is 1. The Morgan fingerprint density at radius 2 is 1.96 bits per heavy atom. The van der Waals surface area contributed by atoms with Crippen LogP contribution in [0.2, 0.25) is 0 Å². The molecule has 47 heavy (non-hydrogen) atoms. The topological polar surface area (TPSA) is 146 Å². The average molecular weight is 652 g/mol. The number of nitriles is 1. The quantitative estimate of drug-likeness (QED) is 0.297. The summed E-state index contributed by atoms with van der Waals surface area (Å²) in [4.78, 5) is 16.4. The molecular weight excluding hydrogens is 611 g/mol. The Bertz CT molecular complexity index is 2010. The maximum absolute atomic E-state index is 11.2. The Balaban J connectivity index is 1.25. The first-order chi connectivity index (χ1) is 22.6. The van der Waals surface area contributed by atoms with Gasteiger partial charge in [0.05, 0.1) is 34.0 Å². The van der Waals surface area contributed by atoms with Crippen LogP contribution in [0.1, 0.15) is 104 Å². The SMILES string of the molecule is C=C1c2nn([C@@H](C)[C@@H]3CCCN3C)c3nc(-c4noc5c4CCC[C@@]54CCCc5sc(N)c(C#N)c54)nc(c23)N2C[C@](C)(O)CC[C@H]12. The van der Waals surface area contributed by atoms with Gasteiger partial charge in [-0.2, -0.15) is 10.4 Å². The number of hydrogen-bond acceptors (Lipinski definition) is 11. The lowest BCUT2D eigenvalue weighted by atomic mass is 9.63. The molecule has 4 aromatic rings. The van der Waals surface area contributed by atoms with E-state index >= 15 is 0 Å². The van der Waals surface area contributed by atoms with Gasteiger partial charge in [0.15, 0.2) is 22.9 Å². The highest BCUT2D eigenvalue weighted by Crippen LogP contribution is 2.55. The van der Waals surface area contributed by atoms with E-state index in [2.05, 4.69) is 41.1 Å². The van der Waals surface area contributed by atoms with Crippen molar-refractivity contribution in [2.45, 2.75) is 107 Å². The Labute approximate surface area is 278 Å². The predicted molar refractivity (Wildman–Crippen MR) is 181 cm³/mol. The Hall–Kier alpha value is -3.79. The van der Waals surface area contributed by atoms with Gasteiger partial charge >= 0.3 is 0 Å². The smallest absolute Gasteiger partial charge is 0.186 e. The van der Waals surface area contributed by atoms with Gasteiger partial charge in [-0.25, -0.2) is 14.6 Å². The van der Waals surface area contributed by atoms with Crippen LogP contribution < -0.4 is 10.6 Å². The molecule has 244 valence electrons. The molecule has 0 unspecified atom stereocenters. The highest BCUT2D eigenvalue weighted by Gasteiger charge is 2.49. The summed E-state index contributed by atoms with van der Waals surface area (Å²) in [5.74, 6) is 2.15. The number of nitrogens with two attached hydrogens (primary N) is 1. The van der Waals surface area contributed by atoms with Crippen molar-refractivity contribution in [1.82, 2.24) is 29.8 Å². The zero-order valence-electron chi connectivity index (χ0n) is 27.3. The molecule has 0 amide bonds. The van der Waals surface area contributed by atoms with Crippen LogP contribution in [0.5, 0.6) is 0 Å². The fourth-order valence-corrected chi connectivity index (χ4v) is 10.8. The van der Waals surface area contributed by atoms with Crippen molar-refractivity contribution in [1.29, 1.82) is 5.26 Å². The van der Waals surface area contributed by atoms with E-state index in [1.165, 1.54) is 11.3 Å². The van der Waals surface area contributed by atoms with Crippen LogP contribution in [-0.2, 0) is 18.3 Å². The van der Waals surface area contributed by atoms with E-state index in [1.807, 2.05) is 6.92 Å². The number of rotatable bonds is 3. The fraction of sp³-hybridized carbons (Fsp3) is 0.571. The first-order valence-corrected chi connectivity index (χ1v) is 17.9. The zero-order valence-corrected chi connectivity index (χ0v) is 28.2. The van der Waals surface area contributed by atoms with Crippen LogP contribution in [0.25, 0.3) is 28.1 Å². The Kier molecular flexibility index (Phi) is 6.31. The summed E-state index contributed by atoms with van der Waals surface area (Å²) in [7, 11) is 2.19. The van der Waals surface area contributed by atoms with Crippen molar-refractivity contribution >= 4 is 38.8 Å². The van der Waals surface area contributed by atoms with Crippen LogP contribution >= 0.6 is 11.3 Å². The summed E-state index contributed by atoms with van der Waals surface area (Å²) in [5, 5.41) is 32.9. The third-order valence-electron chi connectivity index (χ3n) is 11.9. The second-order valence-electron chi connectivity index (χ2n) is 14.9. The second-order valence-corrected chi connectivity index (χ2v) is 16.0. The lowest BCUT2D eigenvalue weighted by Crippen LogP contribution is -2.53. The monoisotopic (exact) mass is 651 g/mol. The predicted octanol–water partition coefficient (Wildman–Crippen LogP) is 5.36. The minimum atomic E-state index is -0.847. The molecule has 4 aromatic heterocycles. The van der Waals surface area contributed by atoms with Crippen LogP contribution in [0.4, 0.5) is 10.8 Å². The molecule has 1 spiro atoms. The number of aliphatic hydroxyl groups is 1. The average Bonchev–Trinajstić information content (AvgIpc) is 3.83. The van der Waals surface area contributed by atoms with Gasteiger partial charge in [0.1, 0.15) is 22.6 Å². The number of nitrogen functional groups attached to an aromatic ring is 1. The number of nitrogens with zero attached hydrogens (tertiary/aromatic N) is 8. The molecule has 0 saturated carbocycles. The van der Waals surface area contributed by atoms with Gasteiger partial charge in [-0.3, -0.25) is 0 Å². The number of fused-ring (bicyclic) bond motifs is 6. The molecule has 0 aromatic carbocycles. The summed E-state index contributed by atoms with van der Waals surface area (Å²) in [6, 6.07) is 2.86. The van der Waals surface area contributed by atoms with Crippen molar-refractivity contribution in [2.75, 3.05) is 30.8 Å². The summed E-state index contributed by atoms with van der Waals surface area (Å²) >= 11 is 1.55. The van der Waals surface area contributed by atoms with E-state index in [1.54, 1.807) is 11.3 Å². The molecule has 7 heterocycles. The molecular formula is C35H41N9O2S. The van der Waals surface area contributed by atoms with Gasteiger partial charge < -0.3 is 25.2 Å². The van der Waals surface area contributed by atoms with Crippen molar-refractivity contribution in [3.63, 3.8) is 0 Å². The molecule has 5 atom stereocenters. The highest BCUT2D eigenvalue weighted by atomic mass is 32.1. The normalized spacial score (nSPS) is 29.2. The molecule has 3 N–H and O–H groups in total. The largest absolute Gasteiger partial charge is 0.389 e. The van der Waals surface area contributed by atoms with Gasteiger partial charge in [-0.1, -0.05) is 11.7 Å². The van der Waals surface area contributed by atoms with Crippen molar-refractivity contribution in [2.24, 2.45) is 0 Å². The van der Waals surface area contributed by atoms with Crippen molar-refractivity contribution in [3.05, 3.63) is 39.6 Å². The van der Waals surface area contributed by atoms with E-state index in [0.717, 1.165) is 103 Å². The van der Waals surface area contributed by atoms with Crippen LogP contribution in [0.3, 0.4) is 0 Å². The molecule has 12 heteroatoms. The Morgan fingerprint density at radius 3 is 2.72 bits per heavy atom. The number of hydrogen-bond donors (Lipinski definition) is 2. The van der Waals surface area contributed by atoms with E-state index in [9.17, 15) is 10.4 Å². The lowest BCUT2D eigenvalue weighted by Gasteiger charge is -2.46. The van der Waals surface area contributed by atoms with Gasteiger partial charge in [0.25, 0.3) is 0 Å². The number of aromatic nitrogens is 5. The number of anilines is 2. The zero-order chi connectivity index (χ0) is 32.4. The molecule has 3 aliphatic heterocycles. The summed E-state index contributed by atoms with van der Waals surface area (Å²) in [5.41, 5.74) is 11.1. The minimum absolute atomic E-state index is 0.00471. The van der Waals surface area contributed by atoms with Crippen LogP contribution in [0, 0.1) is 11.3 Å².